The first-order chi connectivity index (χ1) is 13.6. The van der Waals surface area contributed by atoms with E-state index in [-0.39, 0.29) is 28.5 Å². The summed E-state index contributed by atoms with van der Waals surface area (Å²) < 4.78 is 0. The van der Waals surface area contributed by atoms with Crippen molar-refractivity contribution in [2.75, 3.05) is 36.0 Å². The van der Waals surface area contributed by atoms with Gasteiger partial charge in [-0.1, -0.05) is 18.2 Å². The van der Waals surface area contributed by atoms with E-state index in [0.29, 0.717) is 13.0 Å². The number of hydrogen-bond donors (Lipinski definition) is 1. The third-order valence-corrected chi connectivity index (χ3v) is 5.72. The fourth-order valence-electron chi connectivity index (χ4n) is 4.40. The molecule has 146 valence electrons. The number of nitro benzene ring substituents is 1. The zero-order valence-electron chi connectivity index (χ0n) is 15.9. The second-order valence-corrected chi connectivity index (χ2v) is 7.32. The number of nitrogens with one attached hydrogen (secondary N) is 1. The second-order valence-electron chi connectivity index (χ2n) is 7.32. The first-order valence-corrected chi connectivity index (χ1v) is 9.70. The molecular formula is C21H24N4O3. The highest BCUT2D eigenvalue weighted by Gasteiger charge is 2.41. The van der Waals surface area contributed by atoms with Crippen molar-refractivity contribution >= 4 is 23.0 Å². The first-order valence-electron chi connectivity index (χ1n) is 9.70. The molecule has 2 aliphatic heterocycles. The number of hydrogen-bond acceptors (Lipinski definition) is 5. The second kappa shape index (κ2) is 7.50. The van der Waals surface area contributed by atoms with Crippen LogP contribution in [-0.4, -0.2) is 43.1 Å². The number of para-hydroxylation sites is 1. The smallest absolute Gasteiger partial charge is 0.269 e. The number of rotatable bonds is 4. The number of nitro groups is 1. The minimum atomic E-state index is -0.374. The highest BCUT2D eigenvalue weighted by molar-refractivity contribution is 5.82. The van der Waals surface area contributed by atoms with Gasteiger partial charge in [0, 0.05) is 49.7 Å². The van der Waals surface area contributed by atoms with Crippen molar-refractivity contribution in [3.05, 3.63) is 64.2 Å². The Morgan fingerprint density at radius 3 is 2.71 bits per heavy atom. The number of anilines is 2. The summed E-state index contributed by atoms with van der Waals surface area (Å²) in [5, 5.41) is 14.1. The van der Waals surface area contributed by atoms with E-state index >= 15 is 0 Å². The Labute approximate surface area is 164 Å². The molecule has 7 heteroatoms. The van der Waals surface area contributed by atoms with Crippen LogP contribution in [0, 0.1) is 16.0 Å². The normalized spacial score (nSPS) is 20.9. The van der Waals surface area contributed by atoms with Gasteiger partial charge in [-0.2, -0.15) is 0 Å². The molecule has 0 aromatic heterocycles. The standard InChI is InChI=1S/C21H24N4O3/c1-2-22-21(26)18-13-15-12-17(25(27)28)8-9-19(15)24-11-10-23(14-20(18)24)16-6-4-3-5-7-16/h3-9,12,18,20H,2,10-11,13-14H2,1H3,(H,22,26)/t18-,20+/m1/s1. The molecule has 4 rings (SSSR count). The molecular weight excluding hydrogens is 356 g/mol. The fraction of sp³-hybridized carbons (Fsp3) is 0.381. The molecule has 2 heterocycles. The molecule has 2 aliphatic rings. The molecule has 0 bridgehead atoms. The van der Waals surface area contributed by atoms with E-state index in [1.807, 2.05) is 31.2 Å². The summed E-state index contributed by atoms with van der Waals surface area (Å²) in [5.74, 6) is -0.217. The van der Waals surface area contributed by atoms with Gasteiger partial charge in [0.15, 0.2) is 0 Å². The Kier molecular flexibility index (Phi) is 4.90. The van der Waals surface area contributed by atoms with Gasteiger partial charge in [-0.3, -0.25) is 14.9 Å². The summed E-state index contributed by atoms with van der Waals surface area (Å²) in [6, 6.07) is 15.3. The van der Waals surface area contributed by atoms with Crippen LogP contribution in [0.3, 0.4) is 0 Å². The number of benzene rings is 2. The molecule has 0 aliphatic carbocycles. The van der Waals surface area contributed by atoms with Crippen molar-refractivity contribution in [1.82, 2.24) is 5.32 Å². The molecule has 1 saturated heterocycles. The Morgan fingerprint density at radius 2 is 2.00 bits per heavy atom. The minimum absolute atomic E-state index is 0.0181. The topological polar surface area (TPSA) is 78.7 Å². The van der Waals surface area contributed by atoms with Crippen molar-refractivity contribution < 1.29 is 9.72 Å². The van der Waals surface area contributed by atoms with Crippen LogP contribution in [0.1, 0.15) is 12.5 Å². The predicted octanol–water partition coefficient (Wildman–Crippen LogP) is 2.60. The number of nitrogens with zero attached hydrogens (tertiary/aromatic N) is 3. The maximum atomic E-state index is 12.8. The number of piperazine rings is 1. The molecule has 28 heavy (non-hydrogen) atoms. The quantitative estimate of drug-likeness (QED) is 0.652. The molecule has 2 atom stereocenters. The van der Waals surface area contributed by atoms with E-state index in [1.54, 1.807) is 12.1 Å². The zero-order valence-corrected chi connectivity index (χ0v) is 15.9. The Balaban J connectivity index is 1.68. The number of carbonyl (C=O) groups excluding carboxylic acids is 1. The van der Waals surface area contributed by atoms with E-state index in [1.165, 1.54) is 0 Å². The average Bonchev–Trinajstić information content (AvgIpc) is 2.73. The summed E-state index contributed by atoms with van der Waals surface area (Å²) in [6.07, 6.45) is 0.520. The van der Waals surface area contributed by atoms with Gasteiger partial charge in [-0.05, 0) is 37.1 Å². The van der Waals surface area contributed by atoms with Gasteiger partial charge < -0.3 is 15.1 Å². The molecule has 7 nitrogen and oxygen atoms in total. The highest BCUT2D eigenvalue weighted by Crippen LogP contribution is 2.38. The van der Waals surface area contributed by atoms with Gasteiger partial charge >= 0.3 is 0 Å². The number of carbonyl (C=O) groups is 1. The maximum absolute atomic E-state index is 12.8. The van der Waals surface area contributed by atoms with Crippen LogP contribution in [0.5, 0.6) is 0 Å². The average molecular weight is 380 g/mol. The molecule has 0 spiro atoms. The summed E-state index contributed by atoms with van der Waals surface area (Å²) in [4.78, 5) is 28.2. The third-order valence-electron chi connectivity index (χ3n) is 5.72. The molecule has 2 aromatic rings. The van der Waals surface area contributed by atoms with E-state index in [0.717, 1.165) is 36.6 Å². The molecule has 0 radical (unpaired) electrons. The molecule has 0 unspecified atom stereocenters. The van der Waals surface area contributed by atoms with Gasteiger partial charge in [0.1, 0.15) is 0 Å². The Morgan fingerprint density at radius 1 is 1.21 bits per heavy atom. The van der Waals surface area contributed by atoms with Gasteiger partial charge in [0.2, 0.25) is 5.91 Å². The van der Waals surface area contributed by atoms with Crippen LogP contribution >= 0.6 is 0 Å². The number of non-ortho nitro benzene ring substituents is 1. The lowest BCUT2D eigenvalue weighted by molar-refractivity contribution is -0.384. The first kappa shape index (κ1) is 18.3. The predicted molar refractivity (Wildman–Crippen MR) is 109 cm³/mol. The van der Waals surface area contributed by atoms with E-state index in [2.05, 4.69) is 27.2 Å². The zero-order chi connectivity index (χ0) is 19.7. The lowest BCUT2D eigenvalue weighted by Crippen LogP contribution is -2.61. The lowest BCUT2D eigenvalue weighted by atomic mass is 9.83. The summed E-state index contributed by atoms with van der Waals surface area (Å²) in [7, 11) is 0. The van der Waals surface area contributed by atoms with Crippen molar-refractivity contribution in [3.8, 4) is 0 Å². The Hall–Kier alpha value is -3.09. The van der Waals surface area contributed by atoms with Crippen molar-refractivity contribution in [3.63, 3.8) is 0 Å². The van der Waals surface area contributed by atoms with Crippen LogP contribution in [-0.2, 0) is 11.2 Å². The molecule has 1 fully saturated rings. The van der Waals surface area contributed by atoms with Crippen LogP contribution in [0.4, 0.5) is 17.1 Å². The third kappa shape index (κ3) is 3.28. The lowest BCUT2D eigenvalue weighted by Gasteiger charge is -2.49. The van der Waals surface area contributed by atoms with Crippen molar-refractivity contribution in [1.29, 1.82) is 0 Å². The molecule has 2 aromatic carbocycles. The minimum Gasteiger partial charge on any atom is -0.368 e. The maximum Gasteiger partial charge on any atom is 0.269 e. The molecule has 1 N–H and O–H groups in total. The van der Waals surface area contributed by atoms with Crippen LogP contribution in [0.15, 0.2) is 48.5 Å². The van der Waals surface area contributed by atoms with Gasteiger partial charge in [0.05, 0.1) is 16.9 Å². The van der Waals surface area contributed by atoms with E-state index in [9.17, 15) is 14.9 Å². The van der Waals surface area contributed by atoms with Crippen LogP contribution < -0.4 is 15.1 Å². The number of fused-ring (bicyclic) bond motifs is 3. The Bertz CT molecular complexity index is 886. The van der Waals surface area contributed by atoms with Gasteiger partial charge in [-0.15, -0.1) is 0 Å². The summed E-state index contributed by atoms with van der Waals surface area (Å²) >= 11 is 0. The van der Waals surface area contributed by atoms with E-state index < -0.39 is 0 Å². The monoisotopic (exact) mass is 380 g/mol. The van der Waals surface area contributed by atoms with Gasteiger partial charge in [0.25, 0.3) is 5.69 Å². The fourth-order valence-corrected chi connectivity index (χ4v) is 4.40. The van der Waals surface area contributed by atoms with Crippen molar-refractivity contribution in [2.24, 2.45) is 5.92 Å². The van der Waals surface area contributed by atoms with Crippen LogP contribution in [0.25, 0.3) is 0 Å². The van der Waals surface area contributed by atoms with E-state index in [4.69, 9.17) is 0 Å². The summed E-state index contributed by atoms with van der Waals surface area (Å²) in [6.45, 7) is 4.86. The summed E-state index contributed by atoms with van der Waals surface area (Å²) in [5.41, 5.74) is 3.14. The van der Waals surface area contributed by atoms with Gasteiger partial charge in [-0.25, -0.2) is 0 Å². The molecule has 0 saturated carbocycles. The van der Waals surface area contributed by atoms with Crippen LogP contribution in [0.2, 0.25) is 0 Å². The molecule has 1 amide bonds. The number of amides is 1. The SMILES string of the molecule is CCNC(=O)[C@@H]1Cc2cc([N+](=O)[O-])ccc2N2CCN(c3ccccc3)C[C@@H]12. The largest absolute Gasteiger partial charge is 0.368 e. The highest BCUT2D eigenvalue weighted by atomic mass is 16.6. The van der Waals surface area contributed by atoms with Crippen molar-refractivity contribution in [2.45, 2.75) is 19.4 Å².